The van der Waals surface area contributed by atoms with Crippen molar-refractivity contribution in [3.63, 3.8) is 0 Å². The molecule has 176 valence electrons. The van der Waals surface area contributed by atoms with Gasteiger partial charge in [0.2, 0.25) is 11.8 Å². The van der Waals surface area contributed by atoms with Crippen LogP contribution in [0.4, 0.5) is 11.4 Å². The molecule has 8 heteroatoms. The number of hydrogen-bond donors (Lipinski definition) is 1. The van der Waals surface area contributed by atoms with Gasteiger partial charge in [0.15, 0.2) is 11.5 Å². The number of para-hydroxylation sites is 1. The fraction of sp³-hybridized carbons (Fsp3) is 0.231. The molecular weight excluding hydrogens is 452 g/mol. The molecule has 3 aromatic carbocycles. The number of anilines is 2. The van der Waals surface area contributed by atoms with Crippen molar-refractivity contribution in [1.29, 1.82) is 0 Å². The van der Waals surface area contributed by atoms with Crippen molar-refractivity contribution in [1.82, 2.24) is 0 Å². The van der Waals surface area contributed by atoms with Gasteiger partial charge in [0.1, 0.15) is 12.3 Å². The van der Waals surface area contributed by atoms with Gasteiger partial charge in [-0.05, 0) is 54.1 Å². The first kappa shape index (κ1) is 23.5. The second-order valence-electron chi connectivity index (χ2n) is 7.65. The molecule has 0 fully saturated rings. The van der Waals surface area contributed by atoms with Crippen LogP contribution >= 0.6 is 11.8 Å². The Hall–Kier alpha value is -3.65. The summed E-state index contributed by atoms with van der Waals surface area (Å²) in [4.78, 5) is 28.7. The van der Waals surface area contributed by atoms with Crippen molar-refractivity contribution in [2.45, 2.75) is 16.6 Å². The third-order valence-corrected chi connectivity index (χ3v) is 6.86. The van der Waals surface area contributed by atoms with Crippen molar-refractivity contribution in [3.05, 3.63) is 72.3 Å². The Morgan fingerprint density at radius 1 is 0.971 bits per heavy atom. The summed E-state index contributed by atoms with van der Waals surface area (Å²) in [6.07, 6.45) is 0.241. The predicted molar refractivity (Wildman–Crippen MR) is 133 cm³/mol. The van der Waals surface area contributed by atoms with Crippen LogP contribution in [-0.2, 0) is 9.59 Å². The van der Waals surface area contributed by atoms with E-state index in [1.807, 2.05) is 42.5 Å². The molecule has 7 nitrogen and oxygen atoms in total. The second-order valence-corrected chi connectivity index (χ2v) is 8.89. The number of carbonyl (C=O) groups is 2. The minimum Gasteiger partial charge on any atom is -0.497 e. The van der Waals surface area contributed by atoms with Crippen LogP contribution in [0.3, 0.4) is 0 Å². The van der Waals surface area contributed by atoms with Gasteiger partial charge in [0.25, 0.3) is 0 Å². The third kappa shape index (κ3) is 5.12. The standard InChI is InChI=1S/C26H26N2O5S/c1-31-19-11-9-18(10-12-19)27-25(29)16-28-20-6-4-5-7-23(20)34-24(15-26(28)30)17-8-13-21(32-2)22(14-17)33-3/h4-14,24H,15-16H2,1-3H3,(H,27,29)/t24-/m1/s1. The van der Waals surface area contributed by atoms with Crippen molar-refractivity contribution in [2.75, 3.05) is 38.1 Å². The summed E-state index contributed by atoms with van der Waals surface area (Å²) in [6, 6.07) is 20.4. The van der Waals surface area contributed by atoms with Crippen molar-refractivity contribution >= 4 is 35.0 Å². The van der Waals surface area contributed by atoms with E-state index in [2.05, 4.69) is 5.32 Å². The number of benzene rings is 3. The molecule has 34 heavy (non-hydrogen) atoms. The molecule has 1 aliphatic heterocycles. The van der Waals surface area contributed by atoms with E-state index in [9.17, 15) is 9.59 Å². The Balaban J connectivity index is 1.57. The monoisotopic (exact) mass is 478 g/mol. The molecule has 0 aromatic heterocycles. The lowest BCUT2D eigenvalue weighted by Crippen LogP contribution is -2.38. The van der Waals surface area contributed by atoms with Crippen LogP contribution in [0, 0.1) is 0 Å². The fourth-order valence-electron chi connectivity index (χ4n) is 3.81. The summed E-state index contributed by atoms with van der Waals surface area (Å²) in [5, 5.41) is 2.72. The summed E-state index contributed by atoms with van der Waals surface area (Å²) >= 11 is 1.60. The number of thioether (sulfide) groups is 1. The Morgan fingerprint density at radius 3 is 2.41 bits per heavy atom. The average Bonchev–Trinajstić information content (AvgIpc) is 3.00. The molecule has 0 saturated carbocycles. The van der Waals surface area contributed by atoms with E-state index in [-0.39, 0.29) is 30.0 Å². The topological polar surface area (TPSA) is 77.1 Å². The lowest BCUT2D eigenvalue weighted by atomic mass is 10.1. The molecule has 0 spiro atoms. The summed E-state index contributed by atoms with van der Waals surface area (Å²) in [5.74, 6) is 1.55. The highest BCUT2D eigenvalue weighted by Gasteiger charge is 2.30. The smallest absolute Gasteiger partial charge is 0.244 e. The lowest BCUT2D eigenvalue weighted by Gasteiger charge is -2.22. The maximum Gasteiger partial charge on any atom is 0.244 e. The quantitative estimate of drug-likeness (QED) is 0.519. The summed E-state index contributed by atoms with van der Waals surface area (Å²) in [7, 11) is 4.77. The molecule has 0 bridgehead atoms. The number of carbonyl (C=O) groups excluding carboxylic acids is 2. The normalized spacial score (nSPS) is 15.2. The molecule has 0 aliphatic carbocycles. The zero-order valence-corrected chi connectivity index (χ0v) is 20.1. The number of rotatable bonds is 7. The van der Waals surface area contributed by atoms with Gasteiger partial charge in [-0.3, -0.25) is 9.59 Å². The van der Waals surface area contributed by atoms with Crippen LogP contribution in [0.1, 0.15) is 17.2 Å². The Labute approximate surface area is 203 Å². The van der Waals surface area contributed by atoms with Gasteiger partial charge >= 0.3 is 0 Å². The molecule has 1 N–H and O–H groups in total. The van der Waals surface area contributed by atoms with E-state index in [4.69, 9.17) is 14.2 Å². The van der Waals surface area contributed by atoms with Gasteiger partial charge in [-0.1, -0.05) is 18.2 Å². The number of hydrogen-bond acceptors (Lipinski definition) is 6. The highest BCUT2D eigenvalue weighted by molar-refractivity contribution is 7.99. The van der Waals surface area contributed by atoms with Crippen LogP contribution in [0.15, 0.2) is 71.6 Å². The molecule has 0 radical (unpaired) electrons. The van der Waals surface area contributed by atoms with Gasteiger partial charge in [-0.25, -0.2) is 0 Å². The maximum absolute atomic E-state index is 13.4. The Kier molecular flexibility index (Phi) is 7.27. The molecule has 1 atom stereocenters. The first-order valence-electron chi connectivity index (χ1n) is 10.7. The van der Waals surface area contributed by atoms with Crippen LogP contribution in [-0.4, -0.2) is 39.7 Å². The van der Waals surface area contributed by atoms with E-state index < -0.39 is 0 Å². The minimum atomic E-state index is -0.275. The predicted octanol–water partition coefficient (Wildman–Crippen LogP) is 4.92. The number of nitrogens with one attached hydrogen (secondary N) is 1. The molecule has 0 saturated heterocycles. The van der Waals surface area contributed by atoms with Gasteiger partial charge in [-0.15, -0.1) is 11.8 Å². The maximum atomic E-state index is 13.4. The number of amides is 2. The van der Waals surface area contributed by atoms with Crippen molar-refractivity contribution in [2.24, 2.45) is 0 Å². The van der Waals surface area contributed by atoms with Crippen LogP contribution < -0.4 is 24.4 Å². The van der Waals surface area contributed by atoms with E-state index in [0.29, 0.717) is 22.9 Å². The first-order chi connectivity index (χ1) is 16.5. The van der Waals surface area contributed by atoms with E-state index in [1.54, 1.807) is 62.3 Å². The van der Waals surface area contributed by atoms with E-state index in [0.717, 1.165) is 16.1 Å². The number of ether oxygens (including phenoxy) is 3. The summed E-state index contributed by atoms with van der Waals surface area (Å²) in [5.41, 5.74) is 2.32. The van der Waals surface area contributed by atoms with E-state index in [1.165, 1.54) is 0 Å². The highest BCUT2D eigenvalue weighted by atomic mass is 32.2. The Bertz CT molecular complexity index is 1180. The number of fused-ring (bicyclic) bond motifs is 1. The van der Waals surface area contributed by atoms with Gasteiger partial charge in [-0.2, -0.15) is 0 Å². The molecule has 2 amide bonds. The van der Waals surface area contributed by atoms with Gasteiger partial charge in [0.05, 0.1) is 27.0 Å². The first-order valence-corrected chi connectivity index (χ1v) is 11.6. The van der Waals surface area contributed by atoms with Gasteiger partial charge in [0, 0.05) is 22.3 Å². The second kappa shape index (κ2) is 10.5. The molecule has 4 rings (SSSR count). The zero-order chi connectivity index (χ0) is 24.1. The van der Waals surface area contributed by atoms with Crippen LogP contribution in [0.25, 0.3) is 0 Å². The highest BCUT2D eigenvalue weighted by Crippen LogP contribution is 2.46. The van der Waals surface area contributed by atoms with Crippen LogP contribution in [0.2, 0.25) is 0 Å². The lowest BCUT2D eigenvalue weighted by molar-refractivity contribution is -0.121. The molecule has 0 unspecified atom stereocenters. The van der Waals surface area contributed by atoms with Crippen molar-refractivity contribution in [3.8, 4) is 17.2 Å². The average molecular weight is 479 g/mol. The Morgan fingerprint density at radius 2 is 1.71 bits per heavy atom. The molecule has 3 aromatic rings. The minimum absolute atomic E-state index is 0.0823. The zero-order valence-electron chi connectivity index (χ0n) is 19.2. The summed E-state index contributed by atoms with van der Waals surface area (Å²) < 4.78 is 15.9. The van der Waals surface area contributed by atoms with Gasteiger partial charge < -0.3 is 24.4 Å². The van der Waals surface area contributed by atoms with Crippen LogP contribution in [0.5, 0.6) is 17.2 Å². The molecule has 1 heterocycles. The number of methoxy groups -OCH3 is 3. The number of nitrogens with zero attached hydrogens (tertiary/aromatic N) is 1. The van der Waals surface area contributed by atoms with Crippen molar-refractivity contribution < 1.29 is 23.8 Å². The fourth-order valence-corrected chi connectivity index (χ4v) is 5.08. The SMILES string of the molecule is COc1ccc(NC(=O)CN2C(=O)C[C@H](c3ccc(OC)c(OC)c3)Sc3ccccc32)cc1. The summed E-state index contributed by atoms with van der Waals surface area (Å²) in [6.45, 7) is -0.0823. The third-order valence-electron chi connectivity index (χ3n) is 5.54. The largest absolute Gasteiger partial charge is 0.497 e. The molecular formula is C26H26N2O5S. The van der Waals surface area contributed by atoms with E-state index >= 15 is 0 Å². The molecule has 1 aliphatic rings.